The number of anilines is 1. The lowest BCUT2D eigenvalue weighted by Crippen LogP contribution is -2.46. The summed E-state index contributed by atoms with van der Waals surface area (Å²) in [6, 6.07) is 23.3. The third-order valence-electron chi connectivity index (χ3n) is 6.47. The van der Waals surface area contributed by atoms with Gasteiger partial charge in [0.15, 0.2) is 5.11 Å². The lowest BCUT2D eigenvalue weighted by Gasteiger charge is -2.30. The van der Waals surface area contributed by atoms with E-state index >= 15 is 0 Å². The lowest BCUT2D eigenvalue weighted by molar-refractivity contribution is -0.138. The van der Waals surface area contributed by atoms with Gasteiger partial charge in [-0.3, -0.25) is 4.79 Å². The molecule has 2 N–H and O–H groups in total. The van der Waals surface area contributed by atoms with Crippen LogP contribution in [0.15, 0.2) is 91.4 Å². The number of rotatable bonds is 10. The fourth-order valence-corrected chi connectivity index (χ4v) is 4.73. The van der Waals surface area contributed by atoms with Gasteiger partial charge in [0.1, 0.15) is 0 Å². The van der Waals surface area contributed by atoms with Crippen molar-refractivity contribution in [3.05, 3.63) is 119 Å². The van der Waals surface area contributed by atoms with Crippen molar-refractivity contribution in [2.24, 2.45) is 0 Å². The number of nitriles is 1. The summed E-state index contributed by atoms with van der Waals surface area (Å²) in [6.07, 6.45) is -1.20. The minimum absolute atomic E-state index is 0.0598. The number of carbonyl (C=O) groups is 1. The second kappa shape index (κ2) is 13.8. The smallest absolute Gasteiger partial charge is 0.352 e. The second-order valence-electron chi connectivity index (χ2n) is 9.80. The van der Waals surface area contributed by atoms with E-state index in [9.17, 15) is 18.0 Å². The Morgan fingerprint density at radius 2 is 1.76 bits per heavy atom. The van der Waals surface area contributed by atoms with Gasteiger partial charge >= 0.3 is 6.18 Å². The lowest BCUT2D eigenvalue weighted by atomic mass is 10.1. The average Bonchev–Trinajstić information content (AvgIpc) is 3.39. The van der Waals surface area contributed by atoms with E-state index < -0.39 is 17.8 Å². The number of imidazole rings is 1. The van der Waals surface area contributed by atoms with Crippen molar-refractivity contribution < 1.29 is 18.0 Å². The van der Waals surface area contributed by atoms with Crippen LogP contribution in [0.2, 0.25) is 0 Å². The minimum Gasteiger partial charge on any atom is -0.352 e. The van der Waals surface area contributed by atoms with Crippen LogP contribution in [0.1, 0.15) is 34.9 Å². The van der Waals surface area contributed by atoms with Gasteiger partial charge in [0.05, 0.1) is 29.9 Å². The van der Waals surface area contributed by atoms with Crippen molar-refractivity contribution in [1.29, 1.82) is 5.26 Å². The first kappa shape index (κ1) is 30.3. The van der Waals surface area contributed by atoms with E-state index in [4.69, 9.17) is 17.5 Å². The van der Waals surface area contributed by atoms with Crippen molar-refractivity contribution in [3.63, 3.8) is 0 Å². The highest BCUT2D eigenvalue weighted by molar-refractivity contribution is 7.80. The molecule has 1 atom stereocenters. The third-order valence-corrected chi connectivity index (χ3v) is 6.83. The number of hydrogen-bond donors (Lipinski definition) is 2. The topological polar surface area (TPSA) is 86.0 Å². The first-order valence-electron chi connectivity index (χ1n) is 13.2. The molecule has 0 spiro atoms. The van der Waals surface area contributed by atoms with E-state index in [2.05, 4.69) is 21.7 Å². The molecule has 0 aliphatic carbocycles. The molecule has 1 aromatic heterocycles. The number of halogens is 3. The van der Waals surface area contributed by atoms with E-state index in [-0.39, 0.29) is 36.1 Å². The number of thiocarbonyl (C=S) groups is 1. The van der Waals surface area contributed by atoms with Gasteiger partial charge in [0, 0.05) is 43.3 Å². The molecular formula is C31H29F3N6OS. The highest BCUT2D eigenvalue weighted by Crippen LogP contribution is 2.32. The molecule has 3 aromatic carbocycles. The van der Waals surface area contributed by atoms with Crippen LogP contribution >= 0.6 is 12.2 Å². The Hall–Kier alpha value is -4.69. The molecule has 0 saturated carbocycles. The molecule has 1 amide bonds. The SMILES string of the molecule is C[C@@H](CN(Cc1ccccc1C(F)(F)F)C(=S)Nc1ccccc1)NC(=O)Cc1cncn1Cc1ccc(C#N)cc1. The Morgan fingerprint density at radius 3 is 2.45 bits per heavy atom. The summed E-state index contributed by atoms with van der Waals surface area (Å²) < 4.78 is 43.0. The maximum absolute atomic E-state index is 13.7. The maximum Gasteiger partial charge on any atom is 0.416 e. The summed E-state index contributed by atoms with van der Waals surface area (Å²) in [6.45, 7) is 2.32. The molecule has 4 rings (SSSR count). The molecule has 0 aliphatic rings. The number of nitrogens with one attached hydrogen (secondary N) is 2. The van der Waals surface area contributed by atoms with Crippen LogP contribution in [0.5, 0.6) is 0 Å². The highest BCUT2D eigenvalue weighted by atomic mass is 32.1. The largest absolute Gasteiger partial charge is 0.416 e. The molecule has 0 aliphatic heterocycles. The first-order valence-corrected chi connectivity index (χ1v) is 13.6. The molecule has 7 nitrogen and oxygen atoms in total. The number of carbonyl (C=O) groups excluding carboxylic acids is 1. The van der Waals surface area contributed by atoms with Gasteiger partial charge in [-0.15, -0.1) is 0 Å². The molecule has 42 heavy (non-hydrogen) atoms. The van der Waals surface area contributed by atoms with Crippen molar-refractivity contribution >= 4 is 28.9 Å². The number of hydrogen-bond acceptors (Lipinski definition) is 4. The Labute approximate surface area is 247 Å². The number of amides is 1. The third kappa shape index (κ3) is 8.41. The van der Waals surface area contributed by atoms with Gasteiger partial charge in [-0.05, 0) is 60.6 Å². The van der Waals surface area contributed by atoms with Crippen LogP contribution in [0.25, 0.3) is 0 Å². The zero-order valence-corrected chi connectivity index (χ0v) is 23.6. The normalized spacial score (nSPS) is 11.8. The van der Waals surface area contributed by atoms with E-state index in [1.54, 1.807) is 54.7 Å². The quantitative estimate of drug-likeness (QED) is 0.228. The monoisotopic (exact) mass is 590 g/mol. The number of benzene rings is 3. The molecular weight excluding hydrogens is 561 g/mol. The van der Waals surface area contributed by atoms with Crippen LogP contribution in [0, 0.1) is 11.3 Å². The summed E-state index contributed by atoms with van der Waals surface area (Å²) >= 11 is 5.61. The molecule has 0 fully saturated rings. The zero-order chi connectivity index (χ0) is 30.1. The van der Waals surface area contributed by atoms with E-state index in [1.807, 2.05) is 34.9 Å². The number of aromatic nitrogens is 2. The van der Waals surface area contributed by atoms with Gasteiger partial charge in [-0.25, -0.2) is 4.98 Å². The van der Waals surface area contributed by atoms with E-state index in [1.165, 1.54) is 12.1 Å². The fourth-order valence-electron chi connectivity index (χ4n) is 4.47. The molecule has 0 bridgehead atoms. The van der Waals surface area contributed by atoms with Gasteiger partial charge < -0.3 is 20.1 Å². The molecule has 1 heterocycles. The number of alkyl halides is 3. The average molecular weight is 591 g/mol. The van der Waals surface area contributed by atoms with E-state index in [0.29, 0.717) is 23.5 Å². The molecule has 216 valence electrons. The van der Waals surface area contributed by atoms with Crippen LogP contribution < -0.4 is 10.6 Å². The summed E-state index contributed by atoms with van der Waals surface area (Å²) in [5.74, 6) is -0.262. The predicted octanol–water partition coefficient (Wildman–Crippen LogP) is 5.77. The molecule has 0 radical (unpaired) electrons. The van der Waals surface area contributed by atoms with Gasteiger partial charge in [0.25, 0.3) is 0 Å². The highest BCUT2D eigenvalue weighted by Gasteiger charge is 2.33. The summed E-state index contributed by atoms with van der Waals surface area (Å²) in [7, 11) is 0. The summed E-state index contributed by atoms with van der Waals surface area (Å²) in [5, 5.41) is 15.3. The molecule has 0 saturated heterocycles. The van der Waals surface area contributed by atoms with Gasteiger partial charge in [-0.1, -0.05) is 48.5 Å². The van der Waals surface area contributed by atoms with E-state index in [0.717, 1.165) is 11.6 Å². The van der Waals surface area contributed by atoms with Gasteiger partial charge in [-0.2, -0.15) is 18.4 Å². The van der Waals surface area contributed by atoms with Crippen LogP contribution in [-0.4, -0.2) is 38.1 Å². The van der Waals surface area contributed by atoms with Crippen molar-refractivity contribution in [3.8, 4) is 6.07 Å². The van der Waals surface area contributed by atoms with Crippen molar-refractivity contribution in [1.82, 2.24) is 19.8 Å². The Bertz CT molecular complexity index is 1550. The Balaban J connectivity index is 1.44. The predicted molar refractivity (Wildman–Crippen MR) is 158 cm³/mol. The van der Waals surface area contributed by atoms with Crippen LogP contribution in [-0.2, 0) is 30.5 Å². The van der Waals surface area contributed by atoms with Crippen LogP contribution in [0.4, 0.5) is 18.9 Å². The summed E-state index contributed by atoms with van der Waals surface area (Å²) in [4.78, 5) is 18.8. The Morgan fingerprint density at radius 1 is 1.07 bits per heavy atom. The van der Waals surface area contributed by atoms with Crippen LogP contribution in [0.3, 0.4) is 0 Å². The maximum atomic E-state index is 13.7. The minimum atomic E-state index is -4.52. The van der Waals surface area contributed by atoms with Crippen molar-refractivity contribution in [2.75, 3.05) is 11.9 Å². The first-order chi connectivity index (χ1) is 20.1. The molecule has 11 heteroatoms. The molecule has 0 unspecified atom stereocenters. The second-order valence-corrected chi connectivity index (χ2v) is 10.2. The fraction of sp³-hybridized carbons (Fsp3) is 0.226. The van der Waals surface area contributed by atoms with Gasteiger partial charge in [0.2, 0.25) is 5.91 Å². The zero-order valence-electron chi connectivity index (χ0n) is 22.8. The van der Waals surface area contributed by atoms with Crippen molar-refractivity contribution in [2.45, 2.75) is 38.7 Å². The Kier molecular flexibility index (Phi) is 9.93. The number of para-hydroxylation sites is 1. The number of nitrogens with zero attached hydrogens (tertiary/aromatic N) is 4. The summed E-state index contributed by atoms with van der Waals surface area (Å²) in [5.41, 5.74) is 2.26. The molecule has 4 aromatic rings. The standard InChI is InChI=1S/C31H29F3N6OS/c1-22(37-29(41)15-27-17-36-21-40(27)19-24-13-11-23(16-35)12-14-24)18-39(30(42)38-26-8-3-2-4-9-26)20-25-7-5-6-10-28(25)31(32,33)34/h2-14,17,21-22H,15,18-20H2,1H3,(H,37,41)(H,38,42)/t22-/m0/s1.